The first-order valence-corrected chi connectivity index (χ1v) is 10.3. The van der Waals surface area contributed by atoms with E-state index < -0.39 is 17.9 Å². The molecule has 30 heavy (non-hydrogen) atoms. The molecule has 172 valence electrons. The molecule has 1 aliphatic rings. The fourth-order valence-corrected chi connectivity index (χ4v) is 3.98. The van der Waals surface area contributed by atoms with Crippen molar-refractivity contribution in [2.24, 2.45) is 10.8 Å². The topological polar surface area (TPSA) is 49.7 Å². The van der Waals surface area contributed by atoms with Crippen LogP contribution in [0.5, 0.6) is 0 Å². The Morgan fingerprint density at radius 1 is 1.17 bits per heavy atom. The van der Waals surface area contributed by atoms with Gasteiger partial charge in [-0.15, -0.1) is 0 Å². The molecular formula is C24H37F3O3. The summed E-state index contributed by atoms with van der Waals surface area (Å²) in [4.78, 5) is 0. The fourth-order valence-electron chi connectivity index (χ4n) is 3.98. The molecule has 0 saturated carbocycles. The van der Waals surface area contributed by atoms with Gasteiger partial charge in [-0.2, -0.15) is 13.2 Å². The number of rotatable bonds is 8. The Bertz CT molecular complexity index is 750. The van der Waals surface area contributed by atoms with E-state index in [1.54, 1.807) is 0 Å². The van der Waals surface area contributed by atoms with E-state index in [9.17, 15) is 23.4 Å². The molecule has 0 aromatic carbocycles. The minimum atomic E-state index is -4.28. The van der Waals surface area contributed by atoms with Crippen LogP contribution in [0.4, 0.5) is 13.2 Å². The zero-order valence-corrected chi connectivity index (χ0v) is 19.5. The number of allylic oxidation sites excluding steroid dienone is 5. The molecule has 0 amide bonds. The van der Waals surface area contributed by atoms with Gasteiger partial charge in [0.2, 0.25) is 0 Å². The summed E-state index contributed by atoms with van der Waals surface area (Å²) in [5.74, 6) is 0.472. The number of alkyl halides is 3. The van der Waals surface area contributed by atoms with Gasteiger partial charge in [-0.1, -0.05) is 45.4 Å². The van der Waals surface area contributed by atoms with E-state index in [1.807, 2.05) is 41.5 Å². The fraction of sp³-hybridized carbons (Fsp3) is 0.667. The van der Waals surface area contributed by atoms with Crippen molar-refractivity contribution in [1.82, 2.24) is 0 Å². The molecular weight excluding hydrogens is 393 g/mol. The van der Waals surface area contributed by atoms with E-state index >= 15 is 0 Å². The summed E-state index contributed by atoms with van der Waals surface area (Å²) in [5, 5.41) is 20.8. The maximum atomic E-state index is 12.7. The summed E-state index contributed by atoms with van der Waals surface area (Å²) in [6.07, 6.45) is 0.169. The molecule has 0 aliphatic heterocycles. The second kappa shape index (κ2) is 9.63. The predicted octanol–water partition coefficient (Wildman–Crippen LogP) is 7.16. The van der Waals surface area contributed by atoms with Crippen LogP contribution in [0.1, 0.15) is 74.1 Å². The zero-order chi connectivity index (χ0) is 23.5. The second-order valence-electron chi connectivity index (χ2n) is 9.94. The van der Waals surface area contributed by atoms with Crippen molar-refractivity contribution in [1.29, 1.82) is 0 Å². The molecule has 2 N–H and O–H groups in total. The monoisotopic (exact) mass is 430 g/mol. The lowest BCUT2D eigenvalue weighted by Gasteiger charge is -2.31. The zero-order valence-electron chi connectivity index (χ0n) is 19.5. The molecule has 0 spiro atoms. The van der Waals surface area contributed by atoms with Crippen molar-refractivity contribution in [2.75, 3.05) is 7.11 Å². The lowest BCUT2D eigenvalue weighted by Crippen LogP contribution is -2.22. The summed E-state index contributed by atoms with van der Waals surface area (Å²) in [5.41, 5.74) is 1.30. The van der Waals surface area contributed by atoms with E-state index in [4.69, 9.17) is 4.74 Å². The molecule has 0 saturated heterocycles. The first-order valence-electron chi connectivity index (χ1n) is 10.3. The van der Waals surface area contributed by atoms with E-state index in [0.717, 1.165) is 18.1 Å². The van der Waals surface area contributed by atoms with E-state index in [1.165, 1.54) is 13.2 Å². The number of methoxy groups -OCH3 is 1. The summed E-state index contributed by atoms with van der Waals surface area (Å²) in [6, 6.07) is 0. The molecule has 3 nitrogen and oxygen atoms in total. The van der Waals surface area contributed by atoms with Gasteiger partial charge >= 0.3 is 6.18 Å². The summed E-state index contributed by atoms with van der Waals surface area (Å²) < 4.78 is 43.4. The highest BCUT2D eigenvalue weighted by molar-refractivity contribution is 5.39. The minimum Gasteiger partial charge on any atom is -0.504 e. The smallest absolute Gasteiger partial charge is 0.412 e. The van der Waals surface area contributed by atoms with Crippen LogP contribution in [0.25, 0.3) is 0 Å². The highest BCUT2D eigenvalue weighted by Gasteiger charge is 2.32. The highest BCUT2D eigenvalue weighted by Crippen LogP contribution is 2.40. The van der Waals surface area contributed by atoms with Crippen molar-refractivity contribution < 1.29 is 28.1 Å². The number of hydrogen-bond donors (Lipinski definition) is 2. The van der Waals surface area contributed by atoms with Crippen molar-refractivity contribution >= 4 is 0 Å². The molecule has 0 fully saturated rings. The molecule has 0 aromatic rings. The van der Waals surface area contributed by atoms with Gasteiger partial charge in [-0.3, -0.25) is 0 Å². The Kier molecular flexibility index (Phi) is 8.46. The standard InChI is InChI=1S/C24H37F3O3/c1-15(12-22(4,5)10-9-16(2)24(25,26)27)13-23(6,7)14-18-17(3)19(28)11-20(30-8)21(18)29/h9,13,19,28-29H,10-12,14H2,1-8H3/b15-13+,16-9+. The normalized spacial score (nSPS) is 20.2. The first-order chi connectivity index (χ1) is 13.5. The van der Waals surface area contributed by atoms with Crippen LogP contribution in [-0.2, 0) is 4.74 Å². The Morgan fingerprint density at radius 2 is 1.73 bits per heavy atom. The average Bonchev–Trinajstić information content (AvgIpc) is 2.57. The molecule has 0 radical (unpaired) electrons. The van der Waals surface area contributed by atoms with Crippen LogP contribution in [0.15, 0.2) is 46.0 Å². The Morgan fingerprint density at radius 3 is 2.23 bits per heavy atom. The largest absolute Gasteiger partial charge is 0.504 e. The van der Waals surface area contributed by atoms with Crippen molar-refractivity contribution in [3.8, 4) is 0 Å². The van der Waals surface area contributed by atoms with Gasteiger partial charge in [-0.05, 0) is 62.0 Å². The Balaban J connectivity index is 2.98. The third-order valence-electron chi connectivity index (χ3n) is 5.59. The maximum absolute atomic E-state index is 12.7. The quantitative estimate of drug-likeness (QED) is 0.402. The maximum Gasteiger partial charge on any atom is 0.412 e. The van der Waals surface area contributed by atoms with Gasteiger partial charge in [0.25, 0.3) is 0 Å². The summed E-state index contributed by atoms with van der Waals surface area (Å²) >= 11 is 0. The Hall–Kier alpha value is -1.69. The third kappa shape index (κ3) is 7.53. The number of aliphatic hydroxyl groups excluding tert-OH is 2. The predicted molar refractivity (Wildman–Crippen MR) is 115 cm³/mol. The van der Waals surface area contributed by atoms with Crippen molar-refractivity contribution in [3.63, 3.8) is 0 Å². The van der Waals surface area contributed by atoms with Crippen molar-refractivity contribution in [3.05, 3.63) is 46.0 Å². The first kappa shape index (κ1) is 26.3. The molecule has 0 bridgehead atoms. The molecule has 0 aromatic heterocycles. The van der Waals surface area contributed by atoms with E-state index in [-0.39, 0.29) is 23.0 Å². The molecule has 1 rings (SSSR count). The lowest BCUT2D eigenvalue weighted by molar-refractivity contribution is -0.0916. The van der Waals surface area contributed by atoms with Gasteiger partial charge in [-0.25, -0.2) is 0 Å². The lowest BCUT2D eigenvalue weighted by atomic mass is 9.76. The van der Waals surface area contributed by atoms with Gasteiger partial charge in [0, 0.05) is 12.0 Å². The number of hydrogen-bond acceptors (Lipinski definition) is 3. The SMILES string of the molecule is COC1=C(O)C(CC(C)(C)/C=C(\C)CC(C)(C)C/C=C(\C)C(F)(F)F)=C(C)C(O)C1. The highest BCUT2D eigenvalue weighted by atomic mass is 19.4. The summed E-state index contributed by atoms with van der Waals surface area (Å²) in [7, 11) is 1.47. The second-order valence-corrected chi connectivity index (χ2v) is 9.94. The van der Waals surface area contributed by atoms with Gasteiger partial charge < -0.3 is 14.9 Å². The average molecular weight is 431 g/mol. The van der Waals surface area contributed by atoms with Gasteiger partial charge in [0.05, 0.1) is 13.2 Å². The molecule has 0 heterocycles. The van der Waals surface area contributed by atoms with Crippen LogP contribution in [0, 0.1) is 10.8 Å². The van der Waals surface area contributed by atoms with Crippen LogP contribution in [0.3, 0.4) is 0 Å². The van der Waals surface area contributed by atoms with Crippen LogP contribution in [0.2, 0.25) is 0 Å². The molecule has 6 heteroatoms. The van der Waals surface area contributed by atoms with E-state index in [2.05, 4.69) is 6.08 Å². The molecule has 1 atom stereocenters. The van der Waals surface area contributed by atoms with Crippen LogP contribution < -0.4 is 0 Å². The molecule has 1 unspecified atom stereocenters. The van der Waals surface area contributed by atoms with Gasteiger partial charge in [0.1, 0.15) is 5.76 Å². The van der Waals surface area contributed by atoms with Crippen LogP contribution >= 0.6 is 0 Å². The molecule has 1 aliphatic carbocycles. The minimum absolute atomic E-state index is 0.0903. The van der Waals surface area contributed by atoms with E-state index in [0.29, 0.717) is 30.6 Å². The summed E-state index contributed by atoms with van der Waals surface area (Å²) in [6.45, 7) is 12.9. The van der Waals surface area contributed by atoms with Gasteiger partial charge in [0.15, 0.2) is 5.76 Å². The van der Waals surface area contributed by atoms with Crippen LogP contribution in [-0.4, -0.2) is 29.6 Å². The van der Waals surface area contributed by atoms with Crippen molar-refractivity contribution in [2.45, 2.75) is 86.4 Å². The number of halogens is 3. The number of aliphatic hydroxyl groups is 2. The number of ether oxygens (including phenoxy) is 1. The third-order valence-corrected chi connectivity index (χ3v) is 5.59. The Labute approximate surface area is 179 Å².